The van der Waals surface area contributed by atoms with Gasteiger partial charge in [-0.3, -0.25) is 14.6 Å². The third kappa shape index (κ3) is 5.50. The van der Waals surface area contributed by atoms with Crippen molar-refractivity contribution in [2.75, 3.05) is 13.1 Å². The topological polar surface area (TPSA) is 141 Å². The number of piperidine rings is 1. The predicted octanol–water partition coefficient (Wildman–Crippen LogP) is -0.407. The quantitative estimate of drug-likeness (QED) is 0.588. The summed E-state index contributed by atoms with van der Waals surface area (Å²) in [6.07, 6.45) is 2.89. The Morgan fingerprint density at radius 3 is 2.88 bits per heavy atom. The highest BCUT2D eigenvalue weighted by Gasteiger charge is 2.26. The largest absolute Gasteiger partial charge is 0.356 e. The molecule has 0 aromatic carbocycles. The number of nitrogens with one attached hydrogen (secondary N) is 3. The second-order valence-corrected chi connectivity index (χ2v) is 7.84. The van der Waals surface area contributed by atoms with Gasteiger partial charge in [-0.1, -0.05) is 0 Å². The second-order valence-electron chi connectivity index (χ2n) is 6.07. The normalized spacial score (nSPS) is 18.5. The van der Waals surface area contributed by atoms with Gasteiger partial charge in [0, 0.05) is 24.4 Å². The van der Waals surface area contributed by atoms with Gasteiger partial charge in [0.1, 0.15) is 10.9 Å². The Balaban J connectivity index is 1.87. The van der Waals surface area contributed by atoms with E-state index in [1.165, 1.54) is 12.3 Å². The summed E-state index contributed by atoms with van der Waals surface area (Å²) >= 11 is 0. The average molecular weight is 379 g/mol. The molecule has 2 amide bonds. The van der Waals surface area contributed by atoms with Crippen LogP contribution in [-0.2, 0) is 19.6 Å². The van der Waals surface area contributed by atoms with Crippen molar-refractivity contribution in [3.63, 3.8) is 0 Å². The van der Waals surface area contributed by atoms with Crippen molar-refractivity contribution >= 4 is 21.8 Å². The van der Waals surface area contributed by atoms with Crippen molar-refractivity contribution in [2.45, 2.75) is 37.1 Å². The van der Waals surface area contributed by atoms with E-state index in [0.717, 1.165) is 6.42 Å². The van der Waals surface area contributed by atoms with Gasteiger partial charge in [-0.05, 0) is 38.3 Å². The van der Waals surface area contributed by atoms with Gasteiger partial charge in [0.25, 0.3) is 0 Å². The molecule has 9 nitrogen and oxygen atoms in total. The minimum absolute atomic E-state index is 0.0494. The van der Waals surface area contributed by atoms with Crippen LogP contribution in [0.5, 0.6) is 0 Å². The van der Waals surface area contributed by atoms with E-state index in [9.17, 15) is 23.3 Å². The lowest BCUT2D eigenvalue weighted by molar-refractivity contribution is -0.127. The maximum Gasteiger partial charge on any atom is 0.242 e. The summed E-state index contributed by atoms with van der Waals surface area (Å²) in [6, 6.07) is 4.02. The maximum atomic E-state index is 12.1. The second kappa shape index (κ2) is 8.73. The number of hydrogen-bond donors (Lipinski definition) is 3. The molecule has 1 aliphatic rings. The number of sulfonamides is 1. The minimum atomic E-state index is -3.87. The van der Waals surface area contributed by atoms with E-state index in [1.54, 1.807) is 13.0 Å². The van der Waals surface area contributed by atoms with Gasteiger partial charge in [0.15, 0.2) is 0 Å². The Labute approximate surface area is 152 Å². The van der Waals surface area contributed by atoms with E-state index in [0.29, 0.717) is 18.7 Å². The summed E-state index contributed by atoms with van der Waals surface area (Å²) in [7, 11) is -3.87. The summed E-state index contributed by atoms with van der Waals surface area (Å²) in [5.74, 6) is -1.10. The average Bonchev–Trinajstić information content (AvgIpc) is 2.61. The van der Waals surface area contributed by atoms with Gasteiger partial charge < -0.3 is 10.6 Å². The van der Waals surface area contributed by atoms with Crippen molar-refractivity contribution in [1.29, 1.82) is 5.26 Å². The standard InChI is InChI=1S/C16H21N5O4S/c1-11-4-5-14(9-19-11)26(24,25)20-10-15(22)21-13(8-17)7-12-3-2-6-18-16(12)23/h4-5,9,12-13,20H,2-3,6-7,10H2,1H3,(H,18,23)(H,21,22)/t12-,13-/m0/s1. The molecule has 2 rings (SSSR count). The molecule has 0 saturated carbocycles. The molecule has 1 aromatic rings. The molecule has 2 heterocycles. The first-order valence-corrected chi connectivity index (χ1v) is 9.69. The number of rotatable bonds is 7. The fraction of sp³-hybridized carbons (Fsp3) is 0.500. The zero-order valence-corrected chi connectivity index (χ0v) is 15.2. The van der Waals surface area contributed by atoms with Crippen LogP contribution in [0.15, 0.2) is 23.2 Å². The highest BCUT2D eigenvalue weighted by molar-refractivity contribution is 7.89. The van der Waals surface area contributed by atoms with Gasteiger partial charge in [0.2, 0.25) is 21.8 Å². The van der Waals surface area contributed by atoms with Crippen molar-refractivity contribution < 1.29 is 18.0 Å². The molecule has 2 atom stereocenters. The van der Waals surface area contributed by atoms with E-state index in [-0.39, 0.29) is 23.1 Å². The Bertz CT molecular complexity index is 801. The van der Waals surface area contributed by atoms with Crippen molar-refractivity contribution in [3.05, 3.63) is 24.0 Å². The Morgan fingerprint density at radius 1 is 1.50 bits per heavy atom. The highest BCUT2D eigenvalue weighted by Crippen LogP contribution is 2.17. The van der Waals surface area contributed by atoms with Crippen LogP contribution in [0, 0.1) is 24.2 Å². The third-order valence-corrected chi connectivity index (χ3v) is 5.41. The molecule has 0 bridgehead atoms. The molecule has 0 spiro atoms. The van der Waals surface area contributed by atoms with Gasteiger partial charge in [-0.15, -0.1) is 0 Å². The van der Waals surface area contributed by atoms with Crippen molar-refractivity contribution in [1.82, 2.24) is 20.3 Å². The first kappa shape index (κ1) is 19.8. The summed E-state index contributed by atoms with van der Waals surface area (Å²) in [4.78, 5) is 27.6. The molecule has 3 N–H and O–H groups in total. The number of aromatic nitrogens is 1. The summed E-state index contributed by atoms with van der Waals surface area (Å²) < 4.78 is 26.4. The van der Waals surface area contributed by atoms with Crippen LogP contribution in [0.1, 0.15) is 25.0 Å². The lowest BCUT2D eigenvalue weighted by Crippen LogP contribution is -2.44. The van der Waals surface area contributed by atoms with Crippen LogP contribution in [0.2, 0.25) is 0 Å². The zero-order chi connectivity index (χ0) is 19.2. The van der Waals surface area contributed by atoms with E-state index in [4.69, 9.17) is 0 Å². The molecular weight excluding hydrogens is 358 g/mol. The van der Waals surface area contributed by atoms with E-state index in [2.05, 4.69) is 20.3 Å². The number of carbonyl (C=O) groups is 2. The molecule has 1 saturated heterocycles. The zero-order valence-electron chi connectivity index (χ0n) is 14.4. The molecule has 0 unspecified atom stereocenters. The first-order valence-electron chi connectivity index (χ1n) is 8.21. The summed E-state index contributed by atoms with van der Waals surface area (Å²) in [5.41, 5.74) is 0.672. The maximum absolute atomic E-state index is 12.1. The number of nitriles is 1. The van der Waals surface area contributed by atoms with E-state index < -0.39 is 28.5 Å². The molecule has 26 heavy (non-hydrogen) atoms. The number of aryl methyl sites for hydroxylation is 1. The fourth-order valence-corrected chi connectivity index (χ4v) is 3.52. The molecular formula is C16H21N5O4S. The number of nitrogens with zero attached hydrogens (tertiary/aromatic N) is 2. The molecule has 0 aliphatic carbocycles. The SMILES string of the molecule is Cc1ccc(S(=O)(=O)NCC(=O)N[C@H](C#N)C[C@@H]2CCCNC2=O)cn1. The van der Waals surface area contributed by atoms with Gasteiger partial charge in [-0.2, -0.15) is 5.26 Å². The monoisotopic (exact) mass is 379 g/mol. The number of amides is 2. The molecule has 1 aromatic heterocycles. The number of carbonyl (C=O) groups excluding carboxylic acids is 2. The van der Waals surface area contributed by atoms with Crippen LogP contribution >= 0.6 is 0 Å². The molecule has 1 fully saturated rings. The minimum Gasteiger partial charge on any atom is -0.356 e. The van der Waals surface area contributed by atoms with Crippen molar-refractivity contribution in [2.24, 2.45) is 5.92 Å². The Morgan fingerprint density at radius 2 is 2.27 bits per heavy atom. The van der Waals surface area contributed by atoms with Crippen LogP contribution < -0.4 is 15.4 Å². The fourth-order valence-electron chi connectivity index (χ4n) is 2.59. The van der Waals surface area contributed by atoms with Gasteiger partial charge >= 0.3 is 0 Å². The Hall–Kier alpha value is -2.51. The van der Waals surface area contributed by atoms with Crippen molar-refractivity contribution in [3.8, 4) is 6.07 Å². The van der Waals surface area contributed by atoms with Gasteiger partial charge in [0.05, 0.1) is 12.6 Å². The lowest BCUT2D eigenvalue weighted by Gasteiger charge is -2.23. The van der Waals surface area contributed by atoms with E-state index >= 15 is 0 Å². The summed E-state index contributed by atoms with van der Waals surface area (Å²) in [6.45, 7) is 1.84. The number of pyridine rings is 1. The first-order chi connectivity index (χ1) is 12.3. The molecule has 10 heteroatoms. The predicted molar refractivity (Wildman–Crippen MR) is 92.1 cm³/mol. The third-order valence-electron chi connectivity index (χ3n) is 4.03. The van der Waals surface area contributed by atoms with Crippen LogP contribution in [0.3, 0.4) is 0 Å². The number of hydrogen-bond acceptors (Lipinski definition) is 6. The molecule has 140 valence electrons. The lowest BCUT2D eigenvalue weighted by atomic mass is 9.92. The van der Waals surface area contributed by atoms with Crippen LogP contribution in [-0.4, -0.2) is 44.3 Å². The smallest absolute Gasteiger partial charge is 0.242 e. The molecule has 1 aliphatic heterocycles. The van der Waals surface area contributed by atoms with Crippen LogP contribution in [0.4, 0.5) is 0 Å². The Kier molecular flexibility index (Phi) is 6.65. The van der Waals surface area contributed by atoms with Gasteiger partial charge in [-0.25, -0.2) is 13.1 Å². The van der Waals surface area contributed by atoms with E-state index in [1.807, 2.05) is 6.07 Å². The van der Waals surface area contributed by atoms with Crippen LogP contribution in [0.25, 0.3) is 0 Å². The molecule has 0 radical (unpaired) electrons. The highest BCUT2D eigenvalue weighted by atomic mass is 32.2. The summed E-state index contributed by atoms with van der Waals surface area (Å²) in [5, 5.41) is 14.3.